The third kappa shape index (κ3) is 2.50. The first-order chi connectivity index (χ1) is 11.1. The number of phenolic OH excluding ortho intramolecular Hbond substituents is 2. The summed E-state index contributed by atoms with van der Waals surface area (Å²) in [6, 6.07) is 4.97. The zero-order valence-corrected chi connectivity index (χ0v) is 14.8. The number of fused-ring (bicyclic) bond motifs is 1. The molecule has 0 radical (unpaired) electrons. The van der Waals surface area contributed by atoms with Crippen LogP contribution >= 0.6 is 7.60 Å². The maximum absolute atomic E-state index is 12.3. The molecule has 0 aliphatic carbocycles. The largest absolute Gasteiger partial charge is 0.508 e. The lowest BCUT2D eigenvalue weighted by Crippen LogP contribution is -2.07. The molecule has 0 amide bonds. The molecule has 2 aromatic carbocycles. The van der Waals surface area contributed by atoms with Gasteiger partial charge in [-0.05, 0) is 56.5 Å². The second-order valence-electron chi connectivity index (χ2n) is 6.14. The van der Waals surface area contributed by atoms with Crippen molar-refractivity contribution in [1.29, 1.82) is 0 Å². The fraction of sp³-hybridized carbons (Fsp3) is 0.222. The topological polar surface area (TPSA) is 87.0 Å². The Labute approximate surface area is 140 Å². The van der Waals surface area contributed by atoms with E-state index in [1.54, 1.807) is 6.92 Å². The molecule has 1 heterocycles. The molecule has 1 atom stereocenters. The smallest absolute Gasteiger partial charge is 0.401 e. The Hall–Kier alpha value is -2.23. The Morgan fingerprint density at radius 3 is 2.33 bits per heavy atom. The van der Waals surface area contributed by atoms with E-state index in [-0.39, 0.29) is 11.5 Å². The van der Waals surface area contributed by atoms with E-state index in [4.69, 9.17) is 4.52 Å². The Kier molecular flexibility index (Phi) is 3.74. The first-order valence-corrected chi connectivity index (χ1v) is 9.15. The van der Waals surface area contributed by atoms with Crippen LogP contribution in [0.2, 0.25) is 0 Å². The van der Waals surface area contributed by atoms with Crippen molar-refractivity contribution in [3.8, 4) is 17.2 Å². The average Bonchev–Trinajstić information content (AvgIpc) is 2.49. The number of hydrogen-bond acceptors (Lipinski definition) is 4. The maximum Gasteiger partial charge on any atom is 0.401 e. The van der Waals surface area contributed by atoms with E-state index < -0.39 is 7.60 Å². The zero-order valence-electron chi connectivity index (χ0n) is 13.9. The van der Waals surface area contributed by atoms with E-state index in [0.29, 0.717) is 28.0 Å². The van der Waals surface area contributed by atoms with Crippen molar-refractivity contribution in [2.75, 3.05) is 0 Å². The molecule has 0 aromatic heterocycles. The summed E-state index contributed by atoms with van der Waals surface area (Å²) in [4.78, 5) is 10.1. The third-order valence-corrected chi connectivity index (χ3v) is 5.49. The van der Waals surface area contributed by atoms with Crippen LogP contribution in [-0.4, -0.2) is 15.1 Å². The van der Waals surface area contributed by atoms with Crippen molar-refractivity contribution in [3.63, 3.8) is 0 Å². The van der Waals surface area contributed by atoms with Crippen LogP contribution in [0.15, 0.2) is 24.0 Å². The van der Waals surface area contributed by atoms with Gasteiger partial charge in [0, 0.05) is 28.1 Å². The van der Waals surface area contributed by atoms with E-state index in [1.807, 2.05) is 26.8 Å². The van der Waals surface area contributed by atoms with Crippen molar-refractivity contribution in [2.24, 2.45) is 0 Å². The van der Waals surface area contributed by atoms with Crippen LogP contribution in [-0.2, 0) is 4.57 Å². The fourth-order valence-corrected chi connectivity index (χ4v) is 4.13. The van der Waals surface area contributed by atoms with Gasteiger partial charge in [0.1, 0.15) is 17.2 Å². The molecule has 2 aromatic rings. The normalized spacial score (nSPS) is 19.5. The lowest BCUT2D eigenvalue weighted by molar-refractivity contribution is 0.388. The van der Waals surface area contributed by atoms with Gasteiger partial charge in [0.05, 0.1) is 0 Å². The Balaban J connectivity index is 2.38. The number of rotatable bonds is 1. The van der Waals surface area contributed by atoms with Gasteiger partial charge in [0.15, 0.2) is 0 Å². The van der Waals surface area contributed by atoms with E-state index in [9.17, 15) is 19.7 Å². The van der Waals surface area contributed by atoms with Crippen molar-refractivity contribution >= 4 is 13.2 Å². The summed E-state index contributed by atoms with van der Waals surface area (Å²) in [6.07, 6.45) is 0. The Bertz CT molecular complexity index is 943. The Morgan fingerprint density at radius 1 is 1.00 bits per heavy atom. The minimum Gasteiger partial charge on any atom is -0.508 e. The van der Waals surface area contributed by atoms with Crippen LogP contribution in [0.3, 0.4) is 0 Å². The number of phenols is 2. The van der Waals surface area contributed by atoms with E-state index in [1.165, 1.54) is 12.1 Å². The molecule has 3 rings (SSSR count). The van der Waals surface area contributed by atoms with Crippen LogP contribution < -0.4 is 4.52 Å². The summed E-state index contributed by atoms with van der Waals surface area (Å²) >= 11 is 0. The van der Waals surface area contributed by atoms with Crippen molar-refractivity contribution in [1.82, 2.24) is 0 Å². The molecule has 126 valence electrons. The summed E-state index contributed by atoms with van der Waals surface area (Å²) in [6.45, 7) is 7.22. The first kappa shape index (κ1) is 16.6. The minimum atomic E-state index is -3.99. The molecule has 0 bridgehead atoms. The van der Waals surface area contributed by atoms with Crippen molar-refractivity contribution in [2.45, 2.75) is 27.7 Å². The third-order valence-electron chi connectivity index (χ3n) is 4.46. The van der Waals surface area contributed by atoms with Crippen LogP contribution in [0.5, 0.6) is 17.2 Å². The summed E-state index contributed by atoms with van der Waals surface area (Å²) in [7, 11) is -3.99. The highest BCUT2D eigenvalue weighted by Crippen LogP contribution is 2.57. The van der Waals surface area contributed by atoms with Crippen molar-refractivity contribution in [3.05, 3.63) is 57.4 Å². The lowest BCUT2D eigenvalue weighted by Gasteiger charge is -2.26. The van der Waals surface area contributed by atoms with Gasteiger partial charge in [-0.15, -0.1) is 0 Å². The van der Waals surface area contributed by atoms with Gasteiger partial charge in [-0.25, -0.2) is 4.57 Å². The molecule has 3 N–H and O–H groups in total. The monoisotopic (exact) mass is 346 g/mol. The standard InChI is InChI=1S/C18H19O5P/c1-9-7-10(2)16-14(8-24(21,22)23-18(16)11(9)3)13-5-6-15(19)12(4)17(13)20/h5-8,19-20H,1-4H3,(H,21,22). The van der Waals surface area contributed by atoms with Crippen LogP contribution in [0.4, 0.5) is 0 Å². The van der Waals surface area contributed by atoms with Gasteiger partial charge in [-0.3, -0.25) is 0 Å². The highest BCUT2D eigenvalue weighted by atomic mass is 31.2. The summed E-state index contributed by atoms with van der Waals surface area (Å²) < 4.78 is 17.7. The second kappa shape index (κ2) is 5.40. The van der Waals surface area contributed by atoms with Gasteiger partial charge < -0.3 is 19.6 Å². The van der Waals surface area contributed by atoms with Crippen molar-refractivity contribution < 1.29 is 24.2 Å². The van der Waals surface area contributed by atoms with Gasteiger partial charge in [0.2, 0.25) is 0 Å². The summed E-state index contributed by atoms with van der Waals surface area (Å²) in [5, 5.41) is 20.2. The second-order valence-corrected chi connectivity index (χ2v) is 7.71. The number of aryl methyl sites for hydroxylation is 2. The number of benzene rings is 2. The van der Waals surface area contributed by atoms with Gasteiger partial charge >= 0.3 is 7.60 Å². The molecular weight excluding hydrogens is 327 g/mol. The maximum atomic E-state index is 12.3. The first-order valence-electron chi connectivity index (χ1n) is 7.50. The Morgan fingerprint density at radius 2 is 1.67 bits per heavy atom. The van der Waals surface area contributed by atoms with E-state index in [0.717, 1.165) is 22.5 Å². The molecule has 5 nitrogen and oxygen atoms in total. The van der Waals surface area contributed by atoms with E-state index >= 15 is 0 Å². The molecule has 24 heavy (non-hydrogen) atoms. The SMILES string of the molecule is Cc1cc(C)c2c(c1C)OP(=O)(O)C=C2c1ccc(O)c(C)c1O. The summed E-state index contributed by atoms with van der Waals surface area (Å²) in [5.41, 5.74) is 4.43. The van der Waals surface area contributed by atoms with Gasteiger partial charge in [-0.2, -0.15) is 0 Å². The lowest BCUT2D eigenvalue weighted by atomic mass is 9.89. The predicted molar refractivity (Wildman–Crippen MR) is 92.7 cm³/mol. The molecule has 0 saturated heterocycles. The van der Waals surface area contributed by atoms with Crippen LogP contribution in [0.25, 0.3) is 5.57 Å². The predicted octanol–water partition coefficient (Wildman–Crippen LogP) is 4.30. The van der Waals surface area contributed by atoms with Crippen LogP contribution in [0, 0.1) is 27.7 Å². The fourth-order valence-electron chi connectivity index (χ4n) is 3.00. The molecule has 1 aliphatic rings. The molecule has 0 fully saturated rings. The highest BCUT2D eigenvalue weighted by Gasteiger charge is 2.32. The minimum absolute atomic E-state index is 0.0341. The molecule has 6 heteroatoms. The molecule has 0 spiro atoms. The van der Waals surface area contributed by atoms with Gasteiger partial charge in [-0.1, -0.05) is 6.07 Å². The van der Waals surface area contributed by atoms with Crippen LogP contribution in [0.1, 0.15) is 33.4 Å². The molecule has 1 aliphatic heterocycles. The molecule has 1 unspecified atom stereocenters. The van der Waals surface area contributed by atoms with E-state index in [2.05, 4.69) is 0 Å². The quantitative estimate of drug-likeness (QED) is 0.670. The average molecular weight is 346 g/mol. The molecule has 0 saturated carbocycles. The van der Waals surface area contributed by atoms with Gasteiger partial charge in [0.25, 0.3) is 0 Å². The number of hydrogen-bond donors (Lipinski definition) is 3. The highest BCUT2D eigenvalue weighted by molar-refractivity contribution is 7.57. The zero-order chi connectivity index (χ0) is 17.8. The molecular formula is C18H19O5P. The number of aromatic hydroxyl groups is 2. The summed E-state index contributed by atoms with van der Waals surface area (Å²) in [5.74, 6) is 1.36.